The van der Waals surface area contributed by atoms with Crippen LogP contribution in [0.1, 0.15) is 53.5 Å². The van der Waals surface area contributed by atoms with E-state index in [1.165, 1.54) is 11.6 Å². The molecule has 1 fully saturated rings. The number of fused-ring (bicyclic) bond motifs is 5. The zero-order valence-electron chi connectivity index (χ0n) is 19.5. The second-order valence-electron chi connectivity index (χ2n) is 10.0. The van der Waals surface area contributed by atoms with Crippen molar-refractivity contribution in [1.29, 1.82) is 5.26 Å². The normalized spacial score (nSPS) is 26.4. The summed E-state index contributed by atoms with van der Waals surface area (Å²) < 4.78 is 19.8. The van der Waals surface area contributed by atoms with Crippen LogP contribution in [-0.4, -0.2) is 24.2 Å². The Hall–Kier alpha value is -3.69. The van der Waals surface area contributed by atoms with Crippen LogP contribution >= 0.6 is 0 Å². The fourth-order valence-corrected chi connectivity index (χ4v) is 6.73. The summed E-state index contributed by atoms with van der Waals surface area (Å²) in [7, 11) is 1.77. The Morgan fingerprint density at radius 2 is 1.86 bits per heavy atom. The van der Waals surface area contributed by atoms with E-state index in [1.807, 2.05) is 18.2 Å². The van der Waals surface area contributed by atoms with Crippen molar-refractivity contribution in [1.82, 2.24) is 0 Å². The van der Waals surface area contributed by atoms with Crippen LogP contribution in [0.25, 0.3) is 11.1 Å². The smallest absolute Gasteiger partial charge is 0.127 e. The van der Waals surface area contributed by atoms with E-state index in [4.69, 9.17) is 15.5 Å². The van der Waals surface area contributed by atoms with Crippen LogP contribution in [0.3, 0.4) is 0 Å². The summed E-state index contributed by atoms with van der Waals surface area (Å²) in [5.74, 6) is -0.118. The summed E-state index contributed by atoms with van der Waals surface area (Å²) in [4.78, 5) is 5.22. The maximum Gasteiger partial charge on any atom is 0.127 e. The minimum absolute atomic E-state index is 0.114. The third kappa shape index (κ3) is 3.05. The lowest BCUT2D eigenvalue weighted by Gasteiger charge is -2.47. The number of nitrogens with zero attached hydrogens (tertiary/aromatic N) is 2. The zero-order valence-corrected chi connectivity index (χ0v) is 19.5. The third-order valence-corrected chi connectivity index (χ3v) is 8.34. The summed E-state index contributed by atoms with van der Waals surface area (Å²) in [6.45, 7) is 0. The maximum absolute atomic E-state index is 14.1. The lowest BCUT2D eigenvalue weighted by atomic mass is 9.59. The molecule has 1 heterocycles. The monoisotopic (exact) mass is 467 g/mol. The van der Waals surface area contributed by atoms with Gasteiger partial charge in [0, 0.05) is 24.2 Å². The number of nitrogens with two attached hydrogens (primary N) is 1. The molecule has 0 saturated heterocycles. The minimum Gasteiger partial charge on any atom is -0.508 e. The van der Waals surface area contributed by atoms with Crippen LogP contribution in [0.15, 0.2) is 59.6 Å². The van der Waals surface area contributed by atoms with Crippen molar-refractivity contribution in [2.24, 2.45) is 16.1 Å². The molecule has 2 aliphatic carbocycles. The Morgan fingerprint density at radius 3 is 2.57 bits per heavy atom. The molecular formula is C29H26FN3O2. The van der Waals surface area contributed by atoms with Crippen molar-refractivity contribution in [2.45, 2.75) is 43.7 Å². The Balaban J connectivity index is 1.60. The number of hydrogen-bond donors (Lipinski definition) is 2. The first-order valence-corrected chi connectivity index (χ1v) is 12.0. The molecule has 0 bridgehead atoms. The Kier molecular flexibility index (Phi) is 4.77. The zero-order chi connectivity index (χ0) is 24.4. The molecule has 2 spiro atoms. The molecule has 3 aromatic carbocycles. The van der Waals surface area contributed by atoms with Gasteiger partial charge in [0.05, 0.1) is 17.7 Å². The number of benzene rings is 3. The van der Waals surface area contributed by atoms with Crippen molar-refractivity contribution in [3.8, 4) is 22.9 Å². The Bertz CT molecular complexity index is 1410. The topological polar surface area (TPSA) is 91.6 Å². The quantitative estimate of drug-likeness (QED) is 0.544. The molecule has 1 saturated carbocycles. The van der Waals surface area contributed by atoms with Gasteiger partial charge in [-0.15, -0.1) is 0 Å². The average Bonchev–Trinajstić information content (AvgIpc) is 3.30. The van der Waals surface area contributed by atoms with E-state index in [2.05, 4.69) is 18.2 Å². The highest BCUT2D eigenvalue weighted by atomic mass is 19.1. The molecule has 0 aromatic heterocycles. The molecule has 0 radical (unpaired) electrons. The van der Waals surface area contributed by atoms with Gasteiger partial charge in [0.1, 0.15) is 22.9 Å². The molecule has 3 aromatic rings. The molecule has 3 N–H and O–H groups in total. The highest BCUT2D eigenvalue weighted by molar-refractivity contribution is 6.03. The van der Waals surface area contributed by atoms with Crippen molar-refractivity contribution in [2.75, 3.05) is 7.11 Å². The summed E-state index contributed by atoms with van der Waals surface area (Å²) in [5.41, 5.74) is 11.7. The summed E-state index contributed by atoms with van der Waals surface area (Å²) in [6.07, 6.45) is 4.77. The predicted molar refractivity (Wildman–Crippen MR) is 132 cm³/mol. The van der Waals surface area contributed by atoms with Crippen LogP contribution in [0, 0.1) is 22.6 Å². The van der Waals surface area contributed by atoms with Crippen molar-refractivity contribution in [3.63, 3.8) is 0 Å². The van der Waals surface area contributed by atoms with Gasteiger partial charge < -0.3 is 15.6 Å². The van der Waals surface area contributed by atoms with Crippen LogP contribution < -0.4 is 5.73 Å². The van der Waals surface area contributed by atoms with Crippen LogP contribution in [0.5, 0.6) is 5.75 Å². The predicted octanol–water partition coefficient (Wildman–Crippen LogP) is 5.16. The maximum atomic E-state index is 14.1. The second-order valence-corrected chi connectivity index (χ2v) is 10.0. The molecule has 6 heteroatoms. The standard InChI is InChI=1S/C29H26FN3O2/c1-35-23-6-8-28(9-7-23)15-19-4-3-18(20-11-21(30)14-22(34)12-20)13-25(19)29(28)26-10-17(16-31)2-5-24(26)27(32)33-29/h2-5,10-14,23,34H,6-9,15H2,1H3,(H2,32,33). The fourth-order valence-electron chi connectivity index (χ4n) is 6.73. The van der Waals surface area contributed by atoms with Gasteiger partial charge in [0.25, 0.3) is 0 Å². The van der Waals surface area contributed by atoms with Gasteiger partial charge in [-0.05, 0) is 96.3 Å². The van der Waals surface area contributed by atoms with Crippen LogP contribution in [0.4, 0.5) is 4.39 Å². The third-order valence-electron chi connectivity index (χ3n) is 8.34. The van der Waals surface area contributed by atoms with Crippen molar-refractivity contribution < 1.29 is 14.2 Å². The van der Waals surface area contributed by atoms with E-state index >= 15 is 0 Å². The first-order chi connectivity index (χ1) is 16.9. The molecule has 3 aliphatic rings. The van der Waals surface area contributed by atoms with E-state index < -0.39 is 11.4 Å². The molecule has 6 rings (SSSR count). The number of phenols is 1. The van der Waals surface area contributed by atoms with Crippen molar-refractivity contribution >= 4 is 5.84 Å². The first kappa shape index (κ1) is 21.8. The molecule has 1 unspecified atom stereocenters. The Labute approximate surface area is 203 Å². The summed E-state index contributed by atoms with van der Waals surface area (Å²) in [5, 5.41) is 19.7. The van der Waals surface area contributed by atoms with Crippen LogP contribution in [0.2, 0.25) is 0 Å². The number of ether oxygens (including phenoxy) is 1. The number of hydrogen-bond acceptors (Lipinski definition) is 5. The SMILES string of the molecule is COC1CCC2(CC1)Cc1ccc(-c3cc(O)cc(F)c3)cc1C21N=C(N)c2ccc(C#N)cc21. The average molecular weight is 468 g/mol. The number of nitriles is 1. The highest BCUT2D eigenvalue weighted by Gasteiger charge is 2.62. The number of rotatable bonds is 2. The minimum atomic E-state index is -0.724. The number of methoxy groups -OCH3 is 1. The first-order valence-electron chi connectivity index (χ1n) is 12.0. The lowest BCUT2D eigenvalue weighted by Crippen LogP contribution is -2.45. The number of halogens is 1. The van der Waals surface area contributed by atoms with Gasteiger partial charge in [0.2, 0.25) is 0 Å². The van der Waals surface area contributed by atoms with Crippen molar-refractivity contribution in [3.05, 3.63) is 88.2 Å². The van der Waals surface area contributed by atoms with Gasteiger partial charge in [-0.25, -0.2) is 4.39 Å². The van der Waals surface area contributed by atoms with E-state index in [-0.39, 0.29) is 17.3 Å². The number of phenolic OH excluding ortho intramolecular Hbond substituents is 1. The molecule has 5 nitrogen and oxygen atoms in total. The highest BCUT2D eigenvalue weighted by Crippen LogP contribution is 2.65. The molecule has 1 aliphatic heterocycles. The summed E-state index contributed by atoms with van der Waals surface area (Å²) >= 11 is 0. The lowest BCUT2D eigenvalue weighted by molar-refractivity contribution is 0.00685. The van der Waals surface area contributed by atoms with E-state index in [1.54, 1.807) is 19.2 Å². The largest absolute Gasteiger partial charge is 0.508 e. The molecule has 176 valence electrons. The number of aromatic hydroxyl groups is 1. The number of amidine groups is 1. The number of aliphatic imine (C=N–C) groups is 1. The Morgan fingerprint density at radius 1 is 1.06 bits per heavy atom. The van der Waals surface area contributed by atoms with Gasteiger partial charge in [-0.3, -0.25) is 4.99 Å². The van der Waals surface area contributed by atoms with E-state index in [0.717, 1.165) is 60.4 Å². The molecule has 35 heavy (non-hydrogen) atoms. The molecule has 1 atom stereocenters. The van der Waals surface area contributed by atoms with E-state index in [9.17, 15) is 14.8 Å². The molecular weight excluding hydrogens is 441 g/mol. The van der Waals surface area contributed by atoms with Gasteiger partial charge in [-0.2, -0.15) is 5.26 Å². The molecule has 0 amide bonds. The van der Waals surface area contributed by atoms with Gasteiger partial charge >= 0.3 is 0 Å². The van der Waals surface area contributed by atoms with Gasteiger partial charge in [-0.1, -0.05) is 12.1 Å². The fraction of sp³-hybridized carbons (Fsp3) is 0.310. The summed E-state index contributed by atoms with van der Waals surface area (Å²) in [6, 6.07) is 18.2. The van der Waals surface area contributed by atoms with Crippen LogP contribution in [-0.2, 0) is 16.7 Å². The van der Waals surface area contributed by atoms with Gasteiger partial charge in [0.15, 0.2) is 0 Å². The van der Waals surface area contributed by atoms with E-state index in [0.29, 0.717) is 17.0 Å². The second kappa shape index (κ2) is 7.66.